The van der Waals surface area contributed by atoms with Crippen molar-refractivity contribution < 1.29 is 5.11 Å². The van der Waals surface area contributed by atoms with Crippen molar-refractivity contribution in [1.29, 1.82) is 0 Å². The van der Waals surface area contributed by atoms with Crippen LogP contribution in [0, 0.1) is 0 Å². The van der Waals surface area contributed by atoms with Crippen molar-refractivity contribution in [3.63, 3.8) is 0 Å². The molecule has 0 amide bonds. The van der Waals surface area contributed by atoms with Gasteiger partial charge in [0.05, 0.1) is 0 Å². The first kappa shape index (κ1) is 27.1. The molecule has 0 fully saturated rings. The first-order chi connectivity index (χ1) is 14.7. The Labute approximate surface area is 189 Å². The third-order valence-electron chi connectivity index (χ3n) is 6.72. The number of rotatable bonds is 18. The van der Waals surface area contributed by atoms with Gasteiger partial charge in [-0.15, -0.1) is 0 Å². The second-order valence-electron chi connectivity index (χ2n) is 9.28. The number of hydrogen-bond acceptors (Lipinski definition) is 1. The maximum atomic E-state index is 11.5. The Kier molecular flexibility index (Phi) is 15.0. The minimum Gasteiger partial charge on any atom is -0.507 e. The van der Waals surface area contributed by atoms with Crippen LogP contribution >= 0.6 is 0 Å². The van der Waals surface area contributed by atoms with Crippen LogP contribution in [0.5, 0.6) is 5.75 Å². The van der Waals surface area contributed by atoms with Crippen molar-refractivity contribution in [2.75, 3.05) is 0 Å². The third kappa shape index (κ3) is 8.64. The van der Waals surface area contributed by atoms with Gasteiger partial charge in [0.25, 0.3) is 0 Å². The fourth-order valence-corrected chi connectivity index (χ4v) is 5.00. The number of phenolic OH excluding ortho intramolecular Hbond substituents is 1. The Hall–Kier alpha value is -0.980. The van der Waals surface area contributed by atoms with Gasteiger partial charge in [0.15, 0.2) is 0 Å². The number of phenols is 1. The zero-order valence-electron chi connectivity index (χ0n) is 21.2. The SMILES string of the molecule is CCCCCCCc1c(O)c(CCCC)c(CCC)c(CC)c1CCCCCCC. The fourth-order valence-electron chi connectivity index (χ4n) is 5.00. The minimum absolute atomic E-state index is 0.683. The normalized spacial score (nSPS) is 11.4. The summed E-state index contributed by atoms with van der Waals surface area (Å²) in [4.78, 5) is 0. The molecule has 0 aromatic heterocycles. The predicted octanol–water partition coefficient (Wildman–Crippen LogP) is 9.28. The molecule has 0 bridgehead atoms. The highest BCUT2D eigenvalue weighted by Gasteiger charge is 2.21. The summed E-state index contributed by atoms with van der Waals surface area (Å²) in [5.74, 6) is 0.683. The number of benzene rings is 1. The maximum absolute atomic E-state index is 11.5. The molecule has 30 heavy (non-hydrogen) atoms. The van der Waals surface area contributed by atoms with Crippen molar-refractivity contribution in [3.05, 3.63) is 27.8 Å². The van der Waals surface area contributed by atoms with Crippen LogP contribution in [0.4, 0.5) is 0 Å². The number of unbranched alkanes of at least 4 members (excludes halogenated alkanes) is 9. The summed E-state index contributed by atoms with van der Waals surface area (Å²) < 4.78 is 0. The summed E-state index contributed by atoms with van der Waals surface area (Å²) in [7, 11) is 0. The summed E-state index contributed by atoms with van der Waals surface area (Å²) in [5, 5.41) is 11.5. The summed E-state index contributed by atoms with van der Waals surface area (Å²) >= 11 is 0. The van der Waals surface area contributed by atoms with Crippen molar-refractivity contribution in [2.45, 2.75) is 150 Å². The highest BCUT2D eigenvalue weighted by molar-refractivity contribution is 5.56. The lowest BCUT2D eigenvalue weighted by atomic mass is 9.82. The number of aromatic hydroxyl groups is 1. The molecule has 1 aromatic carbocycles. The zero-order valence-corrected chi connectivity index (χ0v) is 21.2. The van der Waals surface area contributed by atoms with Crippen LogP contribution in [0.25, 0.3) is 0 Å². The molecule has 0 saturated heterocycles. The van der Waals surface area contributed by atoms with Gasteiger partial charge in [0.2, 0.25) is 0 Å². The van der Waals surface area contributed by atoms with Gasteiger partial charge >= 0.3 is 0 Å². The molecule has 0 atom stereocenters. The molecule has 0 heterocycles. The molecule has 1 heteroatoms. The Bertz CT molecular complexity index is 572. The predicted molar refractivity (Wildman–Crippen MR) is 135 cm³/mol. The second-order valence-corrected chi connectivity index (χ2v) is 9.28. The summed E-state index contributed by atoms with van der Waals surface area (Å²) in [6.45, 7) is 11.4. The van der Waals surface area contributed by atoms with Gasteiger partial charge in [-0.2, -0.15) is 0 Å². The lowest BCUT2D eigenvalue weighted by Crippen LogP contribution is -2.10. The molecular formula is C29H52O. The van der Waals surface area contributed by atoms with E-state index in [1.54, 1.807) is 5.56 Å². The smallest absolute Gasteiger partial charge is 0.122 e. The van der Waals surface area contributed by atoms with E-state index < -0.39 is 0 Å². The summed E-state index contributed by atoms with van der Waals surface area (Å²) in [6.07, 6.45) is 22.1. The van der Waals surface area contributed by atoms with E-state index in [1.165, 1.54) is 99.3 Å². The molecular weight excluding hydrogens is 364 g/mol. The first-order valence-electron chi connectivity index (χ1n) is 13.5. The molecule has 0 aliphatic carbocycles. The van der Waals surface area contributed by atoms with E-state index in [0.29, 0.717) is 5.75 Å². The third-order valence-corrected chi connectivity index (χ3v) is 6.72. The van der Waals surface area contributed by atoms with Crippen LogP contribution in [0.3, 0.4) is 0 Å². The van der Waals surface area contributed by atoms with Gasteiger partial charge in [-0.05, 0) is 79.2 Å². The van der Waals surface area contributed by atoms with Gasteiger partial charge in [-0.25, -0.2) is 0 Å². The van der Waals surface area contributed by atoms with E-state index in [4.69, 9.17) is 0 Å². The van der Waals surface area contributed by atoms with Crippen LogP contribution < -0.4 is 0 Å². The monoisotopic (exact) mass is 416 g/mol. The van der Waals surface area contributed by atoms with E-state index in [-0.39, 0.29) is 0 Å². The van der Waals surface area contributed by atoms with Gasteiger partial charge < -0.3 is 5.11 Å². The van der Waals surface area contributed by atoms with E-state index in [0.717, 1.165) is 38.5 Å². The Morgan fingerprint density at radius 3 is 1.30 bits per heavy atom. The Morgan fingerprint density at radius 1 is 0.400 bits per heavy atom. The standard InChI is InChI=1S/C29H52O/c1-6-11-14-16-18-22-26-24(10-5)25(20-9-4)27(21-13-8-3)29(30)28(26)23-19-17-15-12-7-2/h30H,6-23H2,1-5H3. The van der Waals surface area contributed by atoms with Crippen molar-refractivity contribution in [3.8, 4) is 5.75 Å². The van der Waals surface area contributed by atoms with Crippen molar-refractivity contribution in [1.82, 2.24) is 0 Å². The molecule has 1 N–H and O–H groups in total. The lowest BCUT2D eigenvalue weighted by molar-refractivity contribution is 0.454. The summed E-state index contributed by atoms with van der Waals surface area (Å²) in [6, 6.07) is 0. The van der Waals surface area contributed by atoms with Gasteiger partial charge in [0, 0.05) is 0 Å². The molecule has 0 aliphatic rings. The molecule has 1 aromatic rings. The van der Waals surface area contributed by atoms with Crippen LogP contribution in [-0.4, -0.2) is 5.11 Å². The Balaban J connectivity index is 3.23. The largest absolute Gasteiger partial charge is 0.507 e. The quantitative estimate of drug-likeness (QED) is 0.236. The highest BCUT2D eigenvalue weighted by atomic mass is 16.3. The van der Waals surface area contributed by atoms with Crippen LogP contribution in [0.15, 0.2) is 0 Å². The molecule has 1 rings (SSSR count). The van der Waals surface area contributed by atoms with Crippen molar-refractivity contribution >= 4 is 0 Å². The molecule has 0 radical (unpaired) electrons. The summed E-state index contributed by atoms with van der Waals surface area (Å²) in [5.41, 5.74) is 7.26. The fraction of sp³-hybridized carbons (Fsp3) is 0.793. The maximum Gasteiger partial charge on any atom is 0.122 e. The molecule has 174 valence electrons. The molecule has 0 spiro atoms. The lowest BCUT2D eigenvalue weighted by Gasteiger charge is -2.24. The van der Waals surface area contributed by atoms with E-state index in [2.05, 4.69) is 34.6 Å². The first-order valence-corrected chi connectivity index (χ1v) is 13.5. The minimum atomic E-state index is 0.683. The number of hydrogen-bond donors (Lipinski definition) is 1. The molecule has 0 aliphatic heterocycles. The second kappa shape index (κ2) is 16.7. The molecule has 1 nitrogen and oxygen atoms in total. The Morgan fingerprint density at radius 2 is 0.833 bits per heavy atom. The average Bonchev–Trinajstić information content (AvgIpc) is 2.75. The van der Waals surface area contributed by atoms with Crippen LogP contribution in [0.2, 0.25) is 0 Å². The molecule has 0 saturated carbocycles. The van der Waals surface area contributed by atoms with E-state index in [1.807, 2.05) is 0 Å². The average molecular weight is 417 g/mol. The van der Waals surface area contributed by atoms with Gasteiger partial charge in [-0.3, -0.25) is 0 Å². The van der Waals surface area contributed by atoms with Gasteiger partial charge in [-0.1, -0.05) is 98.8 Å². The van der Waals surface area contributed by atoms with Crippen LogP contribution in [-0.2, 0) is 32.1 Å². The van der Waals surface area contributed by atoms with E-state index >= 15 is 0 Å². The van der Waals surface area contributed by atoms with Gasteiger partial charge in [0.1, 0.15) is 5.75 Å². The van der Waals surface area contributed by atoms with Crippen LogP contribution in [0.1, 0.15) is 146 Å². The van der Waals surface area contributed by atoms with Crippen molar-refractivity contribution in [2.24, 2.45) is 0 Å². The highest BCUT2D eigenvalue weighted by Crippen LogP contribution is 2.38. The topological polar surface area (TPSA) is 20.2 Å². The van der Waals surface area contributed by atoms with E-state index in [9.17, 15) is 5.11 Å². The molecule has 0 unspecified atom stereocenters. The zero-order chi connectivity index (χ0) is 22.2.